The van der Waals surface area contributed by atoms with Crippen molar-refractivity contribution in [1.82, 2.24) is 5.32 Å². The molecule has 23 heavy (non-hydrogen) atoms. The fraction of sp³-hybridized carbons (Fsp3) is 0.176. The zero-order valence-corrected chi connectivity index (χ0v) is 12.3. The molecule has 0 aliphatic heterocycles. The smallest absolute Gasteiger partial charge is 0.255 e. The maximum absolute atomic E-state index is 13.6. The highest BCUT2D eigenvalue weighted by Gasteiger charge is 2.21. The van der Waals surface area contributed by atoms with Gasteiger partial charge in [0.2, 0.25) is 5.91 Å². The van der Waals surface area contributed by atoms with Crippen LogP contribution in [0.2, 0.25) is 0 Å². The first kappa shape index (κ1) is 16.6. The van der Waals surface area contributed by atoms with Crippen LogP contribution in [0.15, 0.2) is 48.5 Å². The molecule has 0 saturated heterocycles. The normalized spacial score (nSPS) is 11.7. The molecule has 2 rings (SSSR count). The molecule has 4 nitrogen and oxygen atoms in total. The minimum absolute atomic E-state index is 0.266. The van der Waals surface area contributed by atoms with Crippen molar-refractivity contribution in [2.24, 2.45) is 5.73 Å². The molecule has 0 fully saturated rings. The van der Waals surface area contributed by atoms with E-state index in [-0.39, 0.29) is 6.42 Å². The highest BCUT2D eigenvalue weighted by Crippen LogP contribution is 2.12. The van der Waals surface area contributed by atoms with Gasteiger partial charge in [0, 0.05) is 0 Å². The molecular weight excluding hydrogens is 302 g/mol. The molecule has 0 aromatic heterocycles. The lowest BCUT2D eigenvalue weighted by Crippen LogP contribution is -2.45. The van der Waals surface area contributed by atoms with Crippen LogP contribution in [0.1, 0.15) is 22.3 Å². The Hall–Kier alpha value is -2.76. The number of benzene rings is 2. The lowest BCUT2D eigenvalue weighted by molar-refractivity contribution is -0.120. The number of carbonyl (C=O) groups excluding carboxylic acids is 2. The van der Waals surface area contributed by atoms with Crippen molar-refractivity contribution >= 4 is 11.8 Å². The van der Waals surface area contributed by atoms with Crippen LogP contribution in [-0.4, -0.2) is 17.9 Å². The quantitative estimate of drug-likeness (QED) is 0.857. The number of amides is 2. The van der Waals surface area contributed by atoms with Crippen LogP contribution in [0, 0.1) is 11.6 Å². The van der Waals surface area contributed by atoms with E-state index in [1.807, 2.05) is 30.3 Å². The number of nitrogens with two attached hydrogens (primary N) is 1. The van der Waals surface area contributed by atoms with Crippen LogP contribution in [0.25, 0.3) is 0 Å². The molecule has 6 heteroatoms. The molecule has 2 aromatic carbocycles. The first-order valence-corrected chi connectivity index (χ1v) is 7.07. The molecule has 120 valence electrons. The summed E-state index contributed by atoms with van der Waals surface area (Å²) in [7, 11) is 0. The van der Waals surface area contributed by atoms with Gasteiger partial charge in [-0.2, -0.15) is 0 Å². The van der Waals surface area contributed by atoms with Crippen molar-refractivity contribution < 1.29 is 18.4 Å². The van der Waals surface area contributed by atoms with Crippen molar-refractivity contribution in [2.45, 2.75) is 18.9 Å². The van der Waals surface area contributed by atoms with E-state index in [0.29, 0.717) is 6.42 Å². The second-order valence-electron chi connectivity index (χ2n) is 5.05. The van der Waals surface area contributed by atoms with E-state index in [4.69, 9.17) is 5.73 Å². The average Bonchev–Trinajstić information content (AvgIpc) is 2.54. The van der Waals surface area contributed by atoms with E-state index < -0.39 is 35.1 Å². The van der Waals surface area contributed by atoms with Crippen LogP contribution in [-0.2, 0) is 11.2 Å². The monoisotopic (exact) mass is 318 g/mol. The maximum Gasteiger partial charge on any atom is 0.255 e. The number of halogens is 2. The van der Waals surface area contributed by atoms with E-state index in [2.05, 4.69) is 5.32 Å². The van der Waals surface area contributed by atoms with Crippen molar-refractivity contribution in [3.8, 4) is 0 Å². The van der Waals surface area contributed by atoms with Gasteiger partial charge in [-0.15, -0.1) is 0 Å². The second-order valence-corrected chi connectivity index (χ2v) is 5.05. The molecule has 2 aromatic rings. The standard InChI is InChI=1S/C17H16F2N2O2/c18-13-8-4-7-12(15(13)19)17(23)21-14(16(20)22)10-9-11-5-2-1-3-6-11/h1-8,14H,9-10H2,(H2,20,22)(H,21,23)/t14-/m1/s1. The Labute approximate surface area is 132 Å². The van der Waals surface area contributed by atoms with Gasteiger partial charge in [0.15, 0.2) is 11.6 Å². The summed E-state index contributed by atoms with van der Waals surface area (Å²) in [4.78, 5) is 23.5. The van der Waals surface area contributed by atoms with Gasteiger partial charge in [-0.1, -0.05) is 36.4 Å². The van der Waals surface area contributed by atoms with Gasteiger partial charge in [-0.3, -0.25) is 9.59 Å². The van der Waals surface area contributed by atoms with Crippen LogP contribution >= 0.6 is 0 Å². The predicted molar refractivity (Wildman–Crippen MR) is 81.6 cm³/mol. The first-order valence-electron chi connectivity index (χ1n) is 7.07. The predicted octanol–water partition coefficient (Wildman–Crippen LogP) is 2.18. The summed E-state index contributed by atoms with van der Waals surface area (Å²) in [6.07, 6.45) is 0.780. The van der Waals surface area contributed by atoms with Crippen LogP contribution < -0.4 is 11.1 Å². The van der Waals surface area contributed by atoms with Crippen molar-refractivity contribution in [3.05, 3.63) is 71.3 Å². The number of primary amides is 1. The van der Waals surface area contributed by atoms with E-state index >= 15 is 0 Å². The third-order valence-electron chi connectivity index (χ3n) is 3.41. The molecule has 0 spiro atoms. The fourth-order valence-corrected chi connectivity index (χ4v) is 2.16. The Kier molecular flexibility index (Phi) is 5.41. The topological polar surface area (TPSA) is 72.2 Å². The Morgan fingerprint density at radius 2 is 1.74 bits per heavy atom. The Morgan fingerprint density at radius 1 is 1.04 bits per heavy atom. The zero-order valence-electron chi connectivity index (χ0n) is 12.3. The van der Waals surface area contributed by atoms with Gasteiger partial charge in [0.05, 0.1) is 5.56 Å². The number of carbonyl (C=O) groups is 2. The van der Waals surface area contributed by atoms with Crippen LogP contribution in [0.4, 0.5) is 8.78 Å². The van der Waals surface area contributed by atoms with E-state index in [9.17, 15) is 18.4 Å². The fourth-order valence-electron chi connectivity index (χ4n) is 2.16. The minimum Gasteiger partial charge on any atom is -0.368 e. The summed E-state index contributed by atoms with van der Waals surface area (Å²) < 4.78 is 26.8. The van der Waals surface area contributed by atoms with Crippen LogP contribution in [0.3, 0.4) is 0 Å². The third-order valence-corrected chi connectivity index (χ3v) is 3.41. The Balaban J connectivity index is 2.05. The number of hydrogen-bond donors (Lipinski definition) is 2. The highest BCUT2D eigenvalue weighted by molar-refractivity contribution is 5.97. The SMILES string of the molecule is NC(=O)[C@@H](CCc1ccccc1)NC(=O)c1cccc(F)c1F. The zero-order chi connectivity index (χ0) is 16.8. The number of hydrogen-bond acceptors (Lipinski definition) is 2. The molecule has 0 radical (unpaired) electrons. The van der Waals surface area contributed by atoms with Gasteiger partial charge in [0.25, 0.3) is 5.91 Å². The first-order chi connectivity index (χ1) is 11.0. The van der Waals surface area contributed by atoms with Crippen molar-refractivity contribution in [2.75, 3.05) is 0 Å². The molecule has 2 amide bonds. The third kappa shape index (κ3) is 4.35. The summed E-state index contributed by atoms with van der Waals surface area (Å²) in [5, 5.41) is 2.35. The highest BCUT2D eigenvalue weighted by atomic mass is 19.2. The Morgan fingerprint density at radius 3 is 2.39 bits per heavy atom. The van der Waals surface area contributed by atoms with Crippen LogP contribution in [0.5, 0.6) is 0 Å². The maximum atomic E-state index is 13.6. The summed E-state index contributed by atoms with van der Waals surface area (Å²) in [5.41, 5.74) is 5.79. The lowest BCUT2D eigenvalue weighted by Gasteiger charge is -2.16. The molecule has 0 bridgehead atoms. The Bertz CT molecular complexity index is 705. The second kappa shape index (κ2) is 7.49. The molecule has 0 saturated carbocycles. The number of aryl methyl sites for hydroxylation is 1. The van der Waals surface area contributed by atoms with Gasteiger partial charge in [-0.05, 0) is 30.5 Å². The van der Waals surface area contributed by atoms with Gasteiger partial charge >= 0.3 is 0 Å². The molecule has 0 unspecified atom stereocenters. The molecule has 0 heterocycles. The van der Waals surface area contributed by atoms with Gasteiger partial charge in [0.1, 0.15) is 6.04 Å². The van der Waals surface area contributed by atoms with E-state index in [1.165, 1.54) is 6.07 Å². The number of rotatable bonds is 6. The van der Waals surface area contributed by atoms with Gasteiger partial charge < -0.3 is 11.1 Å². The van der Waals surface area contributed by atoms with Gasteiger partial charge in [-0.25, -0.2) is 8.78 Å². The largest absolute Gasteiger partial charge is 0.368 e. The van der Waals surface area contributed by atoms with Crippen molar-refractivity contribution in [3.63, 3.8) is 0 Å². The summed E-state index contributed by atoms with van der Waals surface area (Å²) in [5.74, 6) is -3.99. The molecule has 1 atom stereocenters. The van der Waals surface area contributed by atoms with Crippen molar-refractivity contribution in [1.29, 1.82) is 0 Å². The minimum atomic E-state index is -1.25. The van der Waals surface area contributed by atoms with E-state index in [1.54, 1.807) is 0 Å². The summed E-state index contributed by atoms with van der Waals surface area (Å²) >= 11 is 0. The lowest BCUT2D eigenvalue weighted by atomic mass is 10.0. The molecule has 0 aliphatic rings. The molecule has 0 aliphatic carbocycles. The van der Waals surface area contributed by atoms with E-state index in [0.717, 1.165) is 17.7 Å². The summed E-state index contributed by atoms with van der Waals surface area (Å²) in [6, 6.07) is 11.6. The molecular formula is C17H16F2N2O2. The molecule has 3 N–H and O–H groups in total. The summed E-state index contributed by atoms with van der Waals surface area (Å²) in [6.45, 7) is 0. The number of nitrogens with one attached hydrogen (secondary N) is 1. The average molecular weight is 318 g/mol.